The number of amides is 2. The average Bonchev–Trinajstić information content (AvgIpc) is 2.83. The third-order valence-corrected chi connectivity index (χ3v) is 5.85. The van der Waals surface area contributed by atoms with Crippen LogP contribution in [0.25, 0.3) is 0 Å². The van der Waals surface area contributed by atoms with Crippen molar-refractivity contribution in [1.82, 2.24) is 10.2 Å². The van der Waals surface area contributed by atoms with Gasteiger partial charge in [-0.2, -0.15) is 0 Å². The lowest BCUT2D eigenvalue weighted by molar-refractivity contribution is -0.141. The van der Waals surface area contributed by atoms with E-state index in [1.165, 1.54) is 0 Å². The number of methoxy groups -OCH3 is 1. The van der Waals surface area contributed by atoms with E-state index in [1.807, 2.05) is 76.2 Å². The standard InChI is InChI=1S/C27H38N2O4/c1-6-21(4)28-27(31)25(7-2)29(19-22-12-9-8-11-20(22)3)26(30)13-10-18-33-24-16-14-23(32-5)15-17-24/h8-9,11-12,14-17,21,25H,6-7,10,13,18-19H2,1-5H3,(H,28,31)/t21-,25+/m0/s1. The Hall–Kier alpha value is -3.02. The molecular formula is C27H38N2O4. The topological polar surface area (TPSA) is 67.9 Å². The van der Waals surface area contributed by atoms with Crippen LogP contribution in [0.15, 0.2) is 48.5 Å². The lowest BCUT2D eigenvalue weighted by Gasteiger charge is -2.32. The van der Waals surface area contributed by atoms with E-state index < -0.39 is 6.04 Å². The zero-order chi connectivity index (χ0) is 24.2. The van der Waals surface area contributed by atoms with Crippen molar-refractivity contribution in [2.75, 3.05) is 13.7 Å². The van der Waals surface area contributed by atoms with E-state index in [1.54, 1.807) is 12.0 Å². The van der Waals surface area contributed by atoms with E-state index in [0.29, 0.717) is 32.4 Å². The van der Waals surface area contributed by atoms with Crippen LogP contribution in [0.5, 0.6) is 11.5 Å². The molecule has 6 nitrogen and oxygen atoms in total. The van der Waals surface area contributed by atoms with Crippen LogP contribution in [-0.4, -0.2) is 42.5 Å². The highest BCUT2D eigenvalue weighted by Crippen LogP contribution is 2.19. The number of nitrogens with zero attached hydrogens (tertiary/aromatic N) is 1. The largest absolute Gasteiger partial charge is 0.497 e. The minimum absolute atomic E-state index is 0.0391. The molecular weight excluding hydrogens is 416 g/mol. The summed E-state index contributed by atoms with van der Waals surface area (Å²) in [6.45, 7) is 8.83. The second-order valence-corrected chi connectivity index (χ2v) is 8.32. The maximum atomic E-state index is 13.3. The summed E-state index contributed by atoms with van der Waals surface area (Å²) in [5.74, 6) is 1.37. The predicted octanol–water partition coefficient (Wildman–Crippen LogP) is 4.88. The summed E-state index contributed by atoms with van der Waals surface area (Å²) in [5, 5.41) is 3.05. The molecule has 0 spiro atoms. The molecule has 0 aromatic heterocycles. The summed E-state index contributed by atoms with van der Waals surface area (Å²) >= 11 is 0. The van der Waals surface area contributed by atoms with Crippen molar-refractivity contribution in [2.45, 2.75) is 72.0 Å². The number of aryl methyl sites for hydroxylation is 1. The lowest BCUT2D eigenvalue weighted by atomic mass is 10.0. The quantitative estimate of drug-likeness (QED) is 0.438. The third kappa shape index (κ3) is 8.12. The molecule has 33 heavy (non-hydrogen) atoms. The Bertz CT molecular complexity index is 882. The first-order chi connectivity index (χ1) is 15.9. The summed E-state index contributed by atoms with van der Waals surface area (Å²) in [6, 6.07) is 14.9. The Labute approximate surface area is 198 Å². The average molecular weight is 455 g/mol. The zero-order valence-electron chi connectivity index (χ0n) is 20.6. The monoisotopic (exact) mass is 454 g/mol. The molecule has 0 saturated carbocycles. The van der Waals surface area contributed by atoms with E-state index in [-0.39, 0.29) is 17.9 Å². The Morgan fingerprint density at radius 2 is 1.67 bits per heavy atom. The molecule has 0 fully saturated rings. The highest BCUT2D eigenvalue weighted by atomic mass is 16.5. The molecule has 2 aromatic carbocycles. The summed E-state index contributed by atoms with van der Waals surface area (Å²) < 4.78 is 10.9. The van der Waals surface area contributed by atoms with Crippen LogP contribution in [0.1, 0.15) is 57.6 Å². The van der Waals surface area contributed by atoms with E-state index in [4.69, 9.17) is 9.47 Å². The summed E-state index contributed by atoms with van der Waals surface area (Å²) in [6.07, 6.45) is 2.28. The zero-order valence-corrected chi connectivity index (χ0v) is 20.6. The molecule has 0 unspecified atom stereocenters. The van der Waals surface area contributed by atoms with Gasteiger partial charge in [0.15, 0.2) is 0 Å². The van der Waals surface area contributed by atoms with Gasteiger partial charge in [0.2, 0.25) is 11.8 Å². The van der Waals surface area contributed by atoms with Crippen molar-refractivity contribution >= 4 is 11.8 Å². The number of benzene rings is 2. The predicted molar refractivity (Wildman–Crippen MR) is 131 cm³/mol. The van der Waals surface area contributed by atoms with E-state index in [9.17, 15) is 9.59 Å². The lowest BCUT2D eigenvalue weighted by Crippen LogP contribution is -2.50. The number of hydrogen-bond acceptors (Lipinski definition) is 4. The van der Waals surface area contributed by atoms with Gasteiger partial charge in [-0.1, -0.05) is 38.1 Å². The maximum absolute atomic E-state index is 13.3. The molecule has 0 heterocycles. The van der Waals surface area contributed by atoms with Crippen LogP contribution in [0, 0.1) is 6.92 Å². The summed E-state index contributed by atoms with van der Waals surface area (Å²) in [7, 11) is 1.62. The second kappa shape index (κ2) is 13.5. The van der Waals surface area contributed by atoms with Gasteiger partial charge < -0.3 is 19.7 Å². The molecule has 2 atom stereocenters. The Kier molecular flexibility index (Phi) is 10.7. The van der Waals surface area contributed by atoms with Crippen molar-refractivity contribution in [3.63, 3.8) is 0 Å². The molecule has 2 aromatic rings. The first kappa shape index (κ1) is 26.2. The fourth-order valence-electron chi connectivity index (χ4n) is 3.56. The van der Waals surface area contributed by atoms with Gasteiger partial charge in [-0.15, -0.1) is 0 Å². The Balaban J connectivity index is 2.06. The van der Waals surface area contributed by atoms with E-state index >= 15 is 0 Å². The van der Waals surface area contributed by atoms with Crippen molar-refractivity contribution in [2.24, 2.45) is 0 Å². The van der Waals surface area contributed by atoms with Crippen LogP contribution in [-0.2, 0) is 16.1 Å². The van der Waals surface area contributed by atoms with Gasteiger partial charge in [0.1, 0.15) is 17.5 Å². The van der Waals surface area contributed by atoms with Gasteiger partial charge in [-0.25, -0.2) is 0 Å². The highest BCUT2D eigenvalue weighted by Gasteiger charge is 2.29. The molecule has 1 N–H and O–H groups in total. The third-order valence-electron chi connectivity index (χ3n) is 5.85. The maximum Gasteiger partial charge on any atom is 0.243 e. The minimum Gasteiger partial charge on any atom is -0.497 e. The van der Waals surface area contributed by atoms with Crippen LogP contribution in [0.4, 0.5) is 0 Å². The van der Waals surface area contributed by atoms with Crippen LogP contribution >= 0.6 is 0 Å². The van der Waals surface area contributed by atoms with Gasteiger partial charge in [0.25, 0.3) is 0 Å². The number of carbonyl (C=O) groups excluding carboxylic acids is 2. The van der Waals surface area contributed by atoms with Gasteiger partial charge >= 0.3 is 0 Å². The van der Waals surface area contributed by atoms with Gasteiger partial charge in [-0.3, -0.25) is 9.59 Å². The molecule has 180 valence electrons. The molecule has 0 radical (unpaired) electrons. The van der Waals surface area contributed by atoms with Gasteiger partial charge in [0, 0.05) is 19.0 Å². The first-order valence-corrected chi connectivity index (χ1v) is 11.8. The number of ether oxygens (including phenoxy) is 2. The second-order valence-electron chi connectivity index (χ2n) is 8.32. The van der Waals surface area contributed by atoms with Crippen molar-refractivity contribution < 1.29 is 19.1 Å². The summed E-state index contributed by atoms with van der Waals surface area (Å²) in [4.78, 5) is 28.0. The number of carbonyl (C=O) groups is 2. The van der Waals surface area contributed by atoms with Crippen LogP contribution in [0.2, 0.25) is 0 Å². The van der Waals surface area contributed by atoms with Gasteiger partial charge in [-0.05, 0) is 68.5 Å². The number of rotatable bonds is 13. The minimum atomic E-state index is -0.506. The van der Waals surface area contributed by atoms with Gasteiger partial charge in [0.05, 0.1) is 13.7 Å². The molecule has 2 rings (SSSR count). The van der Waals surface area contributed by atoms with Crippen LogP contribution < -0.4 is 14.8 Å². The number of nitrogens with one attached hydrogen (secondary N) is 1. The molecule has 6 heteroatoms. The molecule has 0 aliphatic heterocycles. The first-order valence-electron chi connectivity index (χ1n) is 11.8. The SMILES string of the molecule is CC[C@H](C(=O)N[C@@H](C)CC)N(Cc1ccccc1C)C(=O)CCCOc1ccc(OC)cc1. The smallest absolute Gasteiger partial charge is 0.243 e. The number of hydrogen-bond donors (Lipinski definition) is 1. The van der Waals surface area contributed by atoms with E-state index in [0.717, 1.165) is 29.0 Å². The van der Waals surface area contributed by atoms with Crippen molar-refractivity contribution in [1.29, 1.82) is 0 Å². The molecule has 0 aliphatic rings. The fraction of sp³-hybridized carbons (Fsp3) is 0.481. The van der Waals surface area contributed by atoms with Crippen molar-refractivity contribution in [3.05, 3.63) is 59.7 Å². The fourth-order valence-corrected chi connectivity index (χ4v) is 3.56. The normalized spacial score (nSPS) is 12.5. The van der Waals surface area contributed by atoms with E-state index in [2.05, 4.69) is 5.32 Å². The van der Waals surface area contributed by atoms with Crippen LogP contribution in [0.3, 0.4) is 0 Å². The Morgan fingerprint density at radius 1 is 1.00 bits per heavy atom. The van der Waals surface area contributed by atoms with Crippen molar-refractivity contribution in [3.8, 4) is 11.5 Å². The molecule has 2 amide bonds. The summed E-state index contributed by atoms with van der Waals surface area (Å²) in [5.41, 5.74) is 2.16. The Morgan fingerprint density at radius 3 is 2.27 bits per heavy atom. The molecule has 0 aliphatic carbocycles. The molecule has 0 bridgehead atoms. The molecule has 0 saturated heterocycles. The highest BCUT2D eigenvalue weighted by molar-refractivity contribution is 5.87.